The summed E-state index contributed by atoms with van der Waals surface area (Å²) in [5.41, 5.74) is 0.732. The summed E-state index contributed by atoms with van der Waals surface area (Å²) >= 11 is 0. The van der Waals surface area contributed by atoms with Gasteiger partial charge in [-0.2, -0.15) is 0 Å². The Morgan fingerprint density at radius 3 is 2.26 bits per heavy atom. The van der Waals surface area contributed by atoms with Gasteiger partial charge in [-0.15, -0.1) is 0 Å². The molecule has 3 aromatic carbocycles. The summed E-state index contributed by atoms with van der Waals surface area (Å²) in [5.74, 6) is -2.99. The molecule has 9 heteroatoms. The normalized spacial score (nSPS) is 12.7. The van der Waals surface area contributed by atoms with Crippen LogP contribution in [0.15, 0.2) is 66.7 Å². The molecule has 0 saturated heterocycles. The van der Waals surface area contributed by atoms with Gasteiger partial charge < -0.3 is 14.6 Å². The van der Waals surface area contributed by atoms with Crippen LogP contribution < -0.4 is 14.4 Å². The van der Waals surface area contributed by atoms with E-state index >= 15 is 0 Å². The molecule has 0 saturated carbocycles. The SMILES string of the molecule is COc1ccc(COc2cc3cc(C(=O)O)c(F)cc3nc2N2C(=O)c3ccccc3C2=O)cc1. The lowest BCUT2D eigenvalue weighted by Crippen LogP contribution is -2.30. The van der Waals surface area contributed by atoms with Crippen molar-refractivity contribution in [1.29, 1.82) is 0 Å². The van der Waals surface area contributed by atoms with E-state index in [1.165, 1.54) is 18.2 Å². The first-order valence-electron chi connectivity index (χ1n) is 10.5. The van der Waals surface area contributed by atoms with Crippen LogP contribution in [0, 0.1) is 5.82 Å². The van der Waals surface area contributed by atoms with Crippen molar-refractivity contribution in [1.82, 2.24) is 4.98 Å². The molecule has 2 amide bonds. The topological polar surface area (TPSA) is 106 Å². The molecule has 4 aromatic rings. The number of carboxylic acid groups (broad SMARTS) is 1. The van der Waals surface area contributed by atoms with Crippen LogP contribution in [0.1, 0.15) is 36.6 Å². The molecule has 0 radical (unpaired) electrons. The van der Waals surface area contributed by atoms with Gasteiger partial charge in [0.25, 0.3) is 11.8 Å². The van der Waals surface area contributed by atoms with Crippen molar-refractivity contribution in [2.24, 2.45) is 0 Å². The van der Waals surface area contributed by atoms with Gasteiger partial charge in [0, 0.05) is 11.5 Å². The molecule has 174 valence electrons. The minimum Gasteiger partial charge on any atom is -0.497 e. The summed E-state index contributed by atoms with van der Waals surface area (Å²) in [5, 5.41) is 9.56. The number of carbonyl (C=O) groups excluding carboxylic acids is 2. The molecule has 1 aliphatic rings. The molecule has 35 heavy (non-hydrogen) atoms. The number of methoxy groups -OCH3 is 1. The van der Waals surface area contributed by atoms with Crippen LogP contribution >= 0.6 is 0 Å². The molecule has 0 unspecified atom stereocenters. The average Bonchev–Trinajstić information content (AvgIpc) is 3.12. The van der Waals surface area contributed by atoms with Crippen molar-refractivity contribution in [3.63, 3.8) is 0 Å². The van der Waals surface area contributed by atoms with Crippen LogP contribution in [0.4, 0.5) is 10.2 Å². The second-order valence-corrected chi connectivity index (χ2v) is 7.77. The number of hydrogen-bond donors (Lipinski definition) is 1. The quantitative estimate of drug-likeness (QED) is 0.413. The molecule has 0 bridgehead atoms. The van der Waals surface area contributed by atoms with Gasteiger partial charge in [0.1, 0.15) is 18.2 Å². The van der Waals surface area contributed by atoms with Crippen LogP contribution in [0.5, 0.6) is 11.5 Å². The zero-order chi connectivity index (χ0) is 24.7. The monoisotopic (exact) mass is 472 g/mol. The minimum absolute atomic E-state index is 0.0559. The fourth-order valence-corrected chi connectivity index (χ4v) is 3.86. The highest BCUT2D eigenvalue weighted by Crippen LogP contribution is 2.36. The standard InChI is InChI=1S/C26H17FN2O6/c1-34-16-8-6-14(7-9-16)13-35-22-11-15-10-19(26(32)33)20(27)12-21(15)28-23(22)29-24(30)17-4-2-3-5-18(17)25(29)31/h2-12H,13H2,1H3,(H,32,33). The maximum absolute atomic E-state index is 14.4. The zero-order valence-electron chi connectivity index (χ0n) is 18.3. The summed E-state index contributed by atoms with van der Waals surface area (Å²) in [6, 6.07) is 17.0. The van der Waals surface area contributed by atoms with Crippen LogP contribution in [-0.4, -0.2) is 35.0 Å². The van der Waals surface area contributed by atoms with Gasteiger partial charge in [0.2, 0.25) is 0 Å². The highest BCUT2D eigenvalue weighted by atomic mass is 19.1. The zero-order valence-corrected chi connectivity index (χ0v) is 18.3. The number of fused-ring (bicyclic) bond motifs is 2. The highest BCUT2D eigenvalue weighted by Gasteiger charge is 2.39. The smallest absolute Gasteiger partial charge is 0.338 e. The predicted octanol–water partition coefficient (Wildman–Crippen LogP) is 4.46. The summed E-state index contributed by atoms with van der Waals surface area (Å²) in [7, 11) is 1.55. The van der Waals surface area contributed by atoms with Crippen molar-refractivity contribution >= 4 is 34.5 Å². The Kier molecular flexibility index (Phi) is 5.37. The van der Waals surface area contributed by atoms with Gasteiger partial charge in [0.15, 0.2) is 11.6 Å². The molecule has 0 spiro atoms. The summed E-state index contributed by atoms with van der Waals surface area (Å²) in [6.45, 7) is 0.0559. The van der Waals surface area contributed by atoms with Crippen LogP contribution in [-0.2, 0) is 6.61 Å². The van der Waals surface area contributed by atoms with E-state index in [1.54, 1.807) is 43.5 Å². The van der Waals surface area contributed by atoms with Crippen molar-refractivity contribution < 1.29 is 33.4 Å². The number of ether oxygens (including phenoxy) is 2. The Bertz CT molecular complexity index is 1480. The van der Waals surface area contributed by atoms with E-state index in [9.17, 15) is 23.9 Å². The first-order valence-corrected chi connectivity index (χ1v) is 10.5. The van der Waals surface area contributed by atoms with Crippen molar-refractivity contribution in [2.75, 3.05) is 12.0 Å². The lowest BCUT2D eigenvalue weighted by atomic mass is 10.1. The second kappa shape index (κ2) is 8.53. The lowest BCUT2D eigenvalue weighted by Gasteiger charge is -2.19. The molecule has 8 nitrogen and oxygen atoms in total. The van der Waals surface area contributed by atoms with Crippen molar-refractivity contribution in [3.05, 3.63) is 94.8 Å². The number of anilines is 1. The Labute approximate surface area is 198 Å². The number of aromatic carboxylic acids is 1. The molecule has 5 rings (SSSR count). The number of aromatic nitrogens is 1. The molecule has 0 atom stereocenters. The maximum atomic E-state index is 14.4. The van der Waals surface area contributed by atoms with Crippen molar-refractivity contribution in [3.8, 4) is 11.5 Å². The van der Waals surface area contributed by atoms with E-state index in [2.05, 4.69) is 4.98 Å². The number of nitrogens with zero attached hydrogens (tertiary/aromatic N) is 2. The predicted molar refractivity (Wildman–Crippen MR) is 124 cm³/mol. The van der Waals surface area contributed by atoms with Gasteiger partial charge in [-0.1, -0.05) is 24.3 Å². The largest absolute Gasteiger partial charge is 0.497 e. The van der Waals surface area contributed by atoms with Crippen LogP contribution in [0.25, 0.3) is 10.9 Å². The lowest BCUT2D eigenvalue weighted by molar-refractivity contribution is 0.0691. The number of rotatable bonds is 6. The van der Waals surface area contributed by atoms with E-state index in [0.717, 1.165) is 22.6 Å². The van der Waals surface area contributed by atoms with Gasteiger partial charge in [-0.3, -0.25) is 9.59 Å². The molecule has 0 aliphatic carbocycles. The number of imide groups is 1. The first kappa shape index (κ1) is 22.0. The Morgan fingerprint density at radius 1 is 1.00 bits per heavy atom. The second-order valence-electron chi connectivity index (χ2n) is 7.77. The maximum Gasteiger partial charge on any atom is 0.338 e. The molecule has 1 aromatic heterocycles. The highest BCUT2D eigenvalue weighted by molar-refractivity contribution is 6.34. The molecule has 0 fully saturated rings. The molecule has 1 aliphatic heterocycles. The number of pyridine rings is 1. The number of carbonyl (C=O) groups is 3. The van der Waals surface area contributed by atoms with Crippen LogP contribution in [0.3, 0.4) is 0 Å². The molecular weight excluding hydrogens is 455 g/mol. The number of carboxylic acids is 1. The third-order valence-corrected chi connectivity index (χ3v) is 5.64. The third-order valence-electron chi connectivity index (χ3n) is 5.64. The van der Waals surface area contributed by atoms with Gasteiger partial charge in [-0.05, 0) is 42.0 Å². The number of amides is 2. The Morgan fingerprint density at radius 2 is 1.66 bits per heavy atom. The fraction of sp³-hybridized carbons (Fsp3) is 0.0769. The van der Waals surface area contributed by atoms with E-state index in [-0.39, 0.29) is 40.2 Å². The Hall–Kier alpha value is -4.79. The van der Waals surface area contributed by atoms with Gasteiger partial charge >= 0.3 is 5.97 Å². The molecule has 2 heterocycles. The number of halogens is 1. The minimum atomic E-state index is -1.44. The van der Waals surface area contributed by atoms with Crippen LogP contribution in [0.2, 0.25) is 0 Å². The average molecular weight is 472 g/mol. The fourth-order valence-electron chi connectivity index (χ4n) is 3.86. The summed E-state index contributed by atoms with van der Waals surface area (Å²) < 4.78 is 25.5. The molecule has 1 N–H and O–H groups in total. The first-order chi connectivity index (χ1) is 16.9. The summed E-state index contributed by atoms with van der Waals surface area (Å²) in [4.78, 5) is 42.8. The van der Waals surface area contributed by atoms with E-state index in [4.69, 9.17) is 9.47 Å². The van der Waals surface area contributed by atoms with Gasteiger partial charge in [-0.25, -0.2) is 19.1 Å². The number of benzene rings is 3. The number of hydrogen-bond acceptors (Lipinski definition) is 6. The van der Waals surface area contributed by atoms with E-state index < -0.39 is 29.2 Å². The van der Waals surface area contributed by atoms with E-state index in [1.807, 2.05) is 0 Å². The Balaban J connectivity index is 1.61. The van der Waals surface area contributed by atoms with E-state index in [0.29, 0.717) is 5.75 Å². The van der Waals surface area contributed by atoms with Crippen molar-refractivity contribution in [2.45, 2.75) is 6.61 Å². The molecular formula is C26H17FN2O6. The van der Waals surface area contributed by atoms with Gasteiger partial charge in [0.05, 0.1) is 29.3 Å². The third kappa shape index (κ3) is 3.82. The summed E-state index contributed by atoms with van der Waals surface area (Å²) in [6.07, 6.45) is 0.